The Hall–Kier alpha value is -2.15. The number of halogens is 1. The van der Waals surface area contributed by atoms with Crippen molar-refractivity contribution in [1.82, 2.24) is 10.2 Å². The van der Waals surface area contributed by atoms with Crippen molar-refractivity contribution >= 4 is 23.4 Å². The molecule has 124 valence electrons. The standard InChI is InChI=1S/C15H17ClN2O5/c1-21-8-6-7-9(14(23-3)13(8)22-2)12(19)11-10(7)18(11)15(20)17-5-4-16/h6,10-11H,4-5H2,1-3H3,(H,17,20)/t10-,11-,18?/m0/s1. The van der Waals surface area contributed by atoms with Gasteiger partial charge >= 0.3 is 6.03 Å². The lowest BCUT2D eigenvalue weighted by molar-refractivity contribution is 0.0976. The lowest BCUT2D eigenvalue weighted by atomic mass is 10.0. The van der Waals surface area contributed by atoms with E-state index in [1.807, 2.05) is 0 Å². The third-order valence-corrected chi connectivity index (χ3v) is 4.30. The molecule has 0 aromatic heterocycles. The summed E-state index contributed by atoms with van der Waals surface area (Å²) in [5.41, 5.74) is 1.18. The molecule has 2 atom stereocenters. The number of ether oxygens (including phenoxy) is 3. The summed E-state index contributed by atoms with van der Waals surface area (Å²) >= 11 is 5.57. The van der Waals surface area contributed by atoms with Gasteiger partial charge in [0.05, 0.1) is 32.9 Å². The molecule has 0 spiro atoms. The van der Waals surface area contributed by atoms with Crippen molar-refractivity contribution in [2.24, 2.45) is 0 Å². The Labute approximate surface area is 138 Å². The fourth-order valence-electron chi connectivity index (χ4n) is 3.13. The molecule has 1 aromatic carbocycles. The van der Waals surface area contributed by atoms with Crippen molar-refractivity contribution in [3.63, 3.8) is 0 Å². The second-order valence-corrected chi connectivity index (χ2v) is 5.57. The van der Waals surface area contributed by atoms with E-state index >= 15 is 0 Å². The fraction of sp³-hybridized carbons (Fsp3) is 0.467. The Kier molecular flexibility index (Phi) is 3.97. The molecule has 1 saturated heterocycles. The zero-order valence-electron chi connectivity index (χ0n) is 13.0. The fourth-order valence-corrected chi connectivity index (χ4v) is 3.22. The predicted molar refractivity (Wildman–Crippen MR) is 82.9 cm³/mol. The average Bonchev–Trinajstić information content (AvgIpc) is 3.25. The van der Waals surface area contributed by atoms with E-state index < -0.39 is 6.04 Å². The number of hydrogen-bond donors (Lipinski definition) is 1. The number of nitrogens with zero attached hydrogens (tertiary/aromatic N) is 1. The van der Waals surface area contributed by atoms with Crippen molar-refractivity contribution in [3.8, 4) is 17.2 Å². The van der Waals surface area contributed by atoms with Crippen molar-refractivity contribution < 1.29 is 23.8 Å². The molecular weight excluding hydrogens is 324 g/mol. The Morgan fingerprint density at radius 2 is 1.91 bits per heavy atom. The molecule has 1 heterocycles. The Morgan fingerprint density at radius 1 is 1.22 bits per heavy atom. The van der Waals surface area contributed by atoms with E-state index in [1.165, 1.54) is 26.2 Å². The number of rotatable bonds is 5. The summed E-state index contributed by atoms with van der Waals surface area (Å²) in [7, 11) is 4.47. The molecule has 0 unspecified atom stereocenters. The summed E-state index contributed by atoms with van der Waals surface area (Å²) < 4.78 is 16.0. The van der Waals surface area contributed by atoms with Crippen LogP contribution in [-0.2, 0) is 0 Å². The number of amides is 2. The summed E-state index contributed by atoms with van der Waals surface area (Å²) in [6, 6.07) is 0.648. The van der Waals surface area contributed by atoms with Crippen molar-refractivity contribution in [1.29, 1.82) is 0 Å². The summed E-state index contributed by atoms with van der Waals surface area (Å²) in [5.74, 6) is 1.35. The molecule has 1 fully saturated rings. The number of alkyl halides is 1. The van der Waals surface area contributed by atoms with Gasteiger partial charge < -0.3 is 24.4 Å². The van der Waals surface area contributed by atoms with Crippen molar-refractivity contribution in [2.45, 2.75) is 12.1 Å². The van der Waals surface area contributed by atoms with Gasteiger partial charge in [0.15, 0.2) is 17.3 Å². The van der Waals surface area contributed by atoms with Crippen molar-refractivity contribution in [3.05, 3.63) is 17.2 Å². The van der Waals surface area contributed by atoms with Gasteiger partial charge in [-0.25, -0.2) is 4.79 Å². The van der Waals surface area contributed by atoms with Gasteiger partial charge in [-0.15, -0.1) is 11.6 Å². The monoisotopic (exact) mass is 340 g/mol. The zero-order chi connectivity index (χ0) is 16.7. The highest BCUT2D eigenvalue weighted by atomic mass is 35.5. The third-order valence-electron chi connectivity index (χ3n) is 4.11. The number of hydrogen-bond acceptors (Lipinski definition) is 5. The first-order valence-electron chi connectivity index (χ1n) is 7.09. The van der Waals surface area contributed by atoms with E-state index in [4.69, 9.17) is 25.8 Å². The number of carbonyl (C=O) groups excluding carboxylic acids is 2. The molecule has 7 nitrogen and oxygen atoms in total. The van der Waals surface area contributed by atoms with E-state index in [-0.39, 0.29) is 17.9 Å². The molecule has 2 aliphatic rings. The topological polar surface area (TPSA) is 76.9 Å². The average molecular weight is 341 g/mol. The number of Topliss-reactive ketones (excluding diaryl/α,β-unsaturated/α-hetero) is 1. The smallest absolute Gasteiger partial charge is 0.318 e. The maximum atomic E-state index is 12.7. The van der Waals surface area contributed by atoms with E-state index in [0.717, 1.165) is 5.56 Å². The minimum Gasteiger partial charge on any atom is -0.493 e. The molecule has 8 heteroatoms. The minimum atomic E-state index is -0.494. The zero-order valence-corrected chi connectivity index (χ0v) is 13.8. The van der Waals surface area contributed by atoms with Gasteiger partial charge in [0.1, 0.15) is 6.04 Å². The third kappa shape index (κ3) is 2.18. The predicted octanol–water partition coefficient (Wildman–Crippen LogP) is 1.58. The SMILES string of the molecule is COc1cc2c(c(OC)c1OC)C(=O)[C@@H]1[C@H]2N1C(=O)NCCCl. The minimum absolute atomic E-state index is 0.149. The molecule has 1 aliphatic carbocycles. The van der Waals surface area contributed by atoms with Crippen LogP contribution in [0.1, 0.15) is 22.0 Å². The molecule has 0 radical (unpaired) electrons. The van der Waals surface area contributed by atoms with Gasteiger partial charge in [0.2, 0.25) is 5.75 Å². The quantitative estimate of drug-likeness (QED) is 0.650. The van der Waals surface area contributed by atoms with E-state index in [2.05, 4.69) is 5.32 Å². The number of carbonyl (C=O) groups is 2. The second-order valence-electron chi connectivity index (χ2n) is 5.19. The number of benzene rings is 1. The number of urea groups is 1. The van der Waals surface area contributed by atoms with Crippen LogP contribution in [-0.4, -0.2) is 56.5 Å². The first-order valence-corrected chi connectivity index (χ1v) is 7.63. The van der Waals surface area contributed by atoms with E-state index in [1.54, 1.807) is 6.07 Å². The molecular formula is C15H17ClN2O5. The van der Waals surface area contributed by atoms with Gasteiger partial charge in [0.25, 0.3) is 0 Å². The van der Waals surface area contributed by atoms with Crippen LogP contribution in [0.5, 0.6) is 17.2 Å². The molecule has 1 N–H and O–H groups in total. The van der Waals surface area contributed by atoms with Crippen molar-refractivity contribution in [2.75, 3.05) is 33.8 Å². The number of methoxy groups -OCH3 is 3. The Morgan fingerprint density at radius 3 is 2.48 bits per heavy atom. The van der Waals surface area contributed by atoms with E-state index in [9.17, 15) is 9.59 Å². The van der Waals surface area contributed by atoms with Crippen LogP contribution in [0.4, 0.5) is 4.79 Å². The highest BCUT2D eigenvalue weighted by Crippen LogP contribution is 2.57. The molecule has 0 saturated carbocycles. The molecule has 0 bridgehead atoms. The van der Waals surface area contributed by atoms with Gasteiger partial charge in [-0.2, -0.15) is 0 Å². The van der Waals surface area contributed by atoms with Crippen LogP contribution in [0.15, 0.2) is 6.07 Å². The van der Waals surface area contributed by atoms with Gasteiger partial charge in [-0.1, -0.05) is 0 Å². The molecule has 2 amide bonds. The van der Waals surface area contributed by atoms with E-state index in [0.29, 0.717) is 35.2 Å². The van der Waals surface area contributed by atoms with Crippen LogP contribution < -0.4 is 19.5 Å². The summed E-state index contributed by atoms with van der Waals surface area (Å²) in [6.45, 7) is 0.354. The Balaban J connectivity index is 1.99. The molecule has 1 aromatic rings. The largest absolute Gasteiger partial charge is 0.493 e. The highest BCUT2D eigenvalue weighted by molar-refractivity contribution is 6.18. The first kappa shape index (κ1) is 15.7. The van der Waals surface area contributed by atoms with Crippen LogP contribution in [0.2, 0.25) is 0 Å². The lowest BCUT2D eigenvalue weighted by Gasteiger charge is -2.18. The van der Waals surface area contributed by atoms with Crippen LogP contribution in [0.3, 0.4) is 0 Å². The maximum Gasteiger partial charge on any atom is 0.318 e. The summed E-state index contributed by atoms with van der Waals surface area (Å²) in [4.78, 5) is 26.2. The summed E-state index contributed by atoms with van der Waals surface area (Å²) in [6.07, 6.45) is 0. The normalized spacial score (nSPS) is 20.7. The van der Waals surface area contributed by atoms with Gasteiger partial charge in [-0.3, -0.25) is 4.79 Å². The van der Waals surface area contributed by atoms with Crippen LogP contribution in [0, 0.1) is 0 Å². The summed E-state index contributed by atoms with van der Waals surface area (Å²) in [5, 5.41) is 2.67. The lowest BCUT2D eigenvalue weighted by Crippen LogP contribution is -2.33. The first-order chi connectivity index (χ1) is 11.1. The molecule has 23 heavy (non-hydrogen) atoms. The van der Waals surface area contributed by atoms with Gasteiger partial charge in [0, 0.05) is 12.4 Å². The number of ketones is 1. The number of nitrogens with one attached hydrogen (secondary N) is 1. The number of fused-ring (bicyclic) bond motifs is 3. The van der Waals surface area contributed by atoms with Crippen LogP contribution in [0.25, 0.3) is 0 Å². The Bertz CT molecular complexity index is 678. The maximum absolute atomic E-state index is 12.7. The molecule has 3 rings (SSSR count). The van der Waals surface area contributed by atoms with Gasteiger partial charge in [-0.05, 0) is 11.6 Å². The highest BCUT2D eigenvalue weighted by Gasteiger charge is 2.63. The van der Waals surface area contributed by atoms with Crippen LogP contribution >= 0.6 is 11.6 Å². The molecule has 1 aliphatic heterocycles. The second kappa shape index (κ2) is 5.81.